The van der Waals surface area contributed by atoms with Crippen LogP contribution in [-0.4, -0.2) is 62.9 Å². The molecule has 4 atom stereocenters. The second-order valence-corrected chi connectivity index (χ2v) is 4.80. The molecule has 0 radical (unpaired) electrons. The molecule has 0 aliphatic carbocycles. The summed E-state index contributed by atoms with van der Waals surface area (Å²) >= 11 is 0. The Hall–Kier alpha value is -1.91. The van der Waals surface area contributed by atoms with E-state index in [0.29, 0.717) is 0 Å². The number of nitrogens with zero attached hydrogens (tertiary/aromatic N) is 1. The summed E-state index contributed by atoms with van der Waals surface area (Å²) in [5, 5.41) is 31.2. The first-order valence-electron chi connectivity index (χ1n) is 7.09. The number of aromatic amines is 1. The molecule has 1 aromatic heterocycles. The number of aliphatic hydroxyl groups is 3. The van der Waals surface area contributed by atoms with E-state index in [-0.39, 0.29) is 12.0 Å². The van der Waals surface area contributed by atoms with Crippen LogP contribution in [0.3, 0.4) is 0 Å². The van der Waals surface area contributed by atoms with Crippen molar-refractivity contribution in [1.82, 2.24) is 9.55 Å². The normalized spacial score (nSPS) is 26.1. The van der Waals surface area contributed by atoms with Gasteiger partial charge in [0.1, 0.15) is 18.3 Å². The second-order valence-electron chi connectivity index (χ2n) is 4.80. The van der Waals surface area contributed by atoms with E-state index in [1.165, 1.54) is 0 Å². The van der Waals surface area contributed by atoms with Crippen molar-refractivity contribution in [2.75, 3.05) is 13.7 Å². The van der Waals surface area contributed by atoms with Crippen LogP contribution in [0.15, 0.2) is 15.8 Å². The molecule has 1 aliphatic rings. The number of H-pyrrole nitrogens is 1. The van der Waals surface area contributed by atoms with Gasteiger partial charge in [-0.05, 0) is 9.03 Å². The third kappa shape index (κ3) is 4.13. The van der Waals surface area contributed by atoms with Crippen LogP contribution in [0.5, 0.6) is 0 Å². The predicted molar refractivity (Wildman–Crippen MR) is 81.1 cm³/mol. The van der Waals surface area contributed by atoms with Crippen LogP contribution < -0.4 is 11.2 Å². The highest BCUT2D eigenvalue weighted by atomic mass is 31.0. The number of hydrogen-bond donors (Lipinski definition) is 5. The van der Waals surface area contributed by atoms with Gasteiger partial charge in [-0.2, -0.15) is 0 Å². The van der Waals surface area contributed by atoms with Crippen molar-refractivity contribution < 1.29 is 31.0 Å². The van der Waals surface area contributed by atoms with Gasteiger partial charge in [-0.15, -0.1) is 0 Å². The Bertz CT molecular complexity index is 723. The van der Waals surface area contributed by atoms with E-state index in [2.05, 4.69) is 18.9 Å². The molecule has 0 bridgehead atoms. The Morgan fingerprint density at radius 1 is 1.54 bits per heavy atom. The molecule has 1 aromatic rings. The van der Waals surface area contributed by atoms with Crippen LogP contribution >= 0.6 is 9.03 Å². The van der Waals surface area contributed by atoms with Crippen molar-refractivity contribution in [3.63, 3.8) is 0 Å². The Kier molecular flexibility index (Phi) is 6.76. The average Bonchev–Trinajstić information content (AvgIpc) is 2.86. The van der Waals surface area contributed by atoms with Crippen molar-refractivity contribution in [3.8, 4) is 0 Å². The molecule has 1 unspecified atom stereocenters. The first-order chi connectivity index (χ1) is 11.8. The van der Waals surface area contributed by atoms with E-state index >= 15 is 0 Å². The van der Waals surface area contributed by atoms with E-state index in [4.69, 9.17) is 11.3 Å². The number of hydrogen-bond acceptors (Lipinski definition) is 9. The number of aromatic nitrogens is 2. The summed E-state index contributed by atoms with van der Waals surface area (Å²) in [6.45, 7) is -0.554. The van der Waals surface area contributed by atoms with Gasteiger partial charge in [-0.1, -0.05) is 0 Å². The number of methoxy groups -OCH3 is 1. The zero-order valence-corrected chi connectivity index (χ0v) is 13.6. The smallest absolute Gasteiger partial charge is 0.330 e. The molecule has 24 heavy (non-hydrogen) atoms. The minimum Gasteiger partial charge on any atom is -0.469 e. The maximum Gasteiger partial charge on any atom is 0.330 e. The fourth-order valence-electron chi connectivity index (χ4n) is 2.18. The second kappa shape index (κ2) is 8.81. The third-order valence-electron chi connectivity index (χ3n) is 3.40. The molecule has 12 heteroatoms. The summed E-state index contributed by atoms with van der Waals surface area (Å²) < 4.78 is 16.2. The van der Waals surface area contributed by atoms with Gasteiger partial charge in [0.15, 0.2) is 7.64 Å². The van der Waals surface area contributed by atoms with Crippen LogP contribution in [0, 0.1) is 5.15 Å². The largest absolute Gasteiger partial charge is 0.469 e. The van der Waals surface area contributed by atoms with Crippen molar-refractivity contribution in [2.24, 2.45) is 0 Å². The highest BCUT2D eigenvalue weighted by Gasteiger charge is 2.43. The lowest BCUT2D eigenvalue weighted by molar-refractivity contribution is -0.139. The molecule has 2 heterocycles. The molecule has 1 aliphatic heterocycles. The number of ether oxygens (including phenoxy) is 2. The van der Waals surface area contributed by atoms with Crippen molar-refractivity contribution >= 4 is 15.0 Å². The summed E-state index contributed by atoms with van der Waals surface area (Å²) in [4.78, 5) is 36.7. The van der Waals surface area contributed by atoms with Gasteiger partial charge in [0.05, 0.1) is 20.1 Å². The Morgan fingerprint density at radius 3 is 2.67 bits per heavy atom. The minimum absolute atomic E-state index is 0.0656. The number of rotatable bonds is 4. The van der Waals surface area contributed by atoms with Crippen LogP contribution in [0.4, 0.5) is 0 Å². The number of carbonyl (C=O) groups is 1. The van der Waals surface area contributed by atoms with Crippen molar-refractivity contribution in [2.45, 2.75) is 31.0 Å². The molecule has 1 fully saturated rings. The van der Waals surface area contributed by atoms with Gasteiger partial charge < -0.3 is 24.8 Å². The zero-order chi connectivity index (χ0) is 19.1. The highest BCUT2D eigenvalue weighted by Crippen LogP contribution is 2.27. The fraction of sp³-hybridized carbons (Fsp3) is 0.583. The lowest BCUT2D eigenvalue weighted by atomic mass is 10.1. The molecule has 0 aromatic carbocycles. The molecule has 5 N–H and O–H groups in total. The summed E-state index contributed by atoms with van der Waals surface area (Å²) in [7, 11) is 3.63. The standard InChI is InChI=1S/C12H16N2O8.H2NP/c1-21-7(16)2-5-3-14(12(20)13-10(5)19)11-9(18)8(17)6(4-15)22-11;1-2/h3,6,8-9,11,15,17-18H,2,4H2,1H3,(H,13,19,20);1-2H/t6-,8+,9?,11-;/m1./s1/i/hT. The summed E-state index contributed by atoms with van der Waals surface area (Å²) in [5.41, 5.74) is -1.71. The quantitative estimate of drug-likeness (QED) is 0.294. The van der Waals surface area contributed by atoms with E-state index in [0.717, 1.165) is 17.9 Å². The molecule has 0 saturated carbocycles. The minimum atomic E-state index is -1.48. The predicted octanol–water partition coefficient (Wildman–Crippen LogP) is -2.24. The molecule has 0 spiro atoms. The number of aliphatic hydroxyl groups excluding tert-OH is 3. The van der Waals surface area contributed by atoms with E-state index in [1.54, 1.807) is 0 Å². The lowest BCUT2D eigenvalue weighted by Gasteiger charge is -2.17. The summed E-state index contributed by atoms with van der Waals surface area (Å²) in [6, 6.07) is 0. The van der Waals surface area contributed by atoms with Gasteiger partial charge >= 0.3 is 11.7 Å². The Morgan fingerprint density at radius 2 is 2.17 bits per heavy atom. The van der Waals surface area contributed by atoms with Crippen LogP contribution in [-0.2, 0) is 20.7 Å². The average molecular weight is 365 g/mol. The van der Waals surface area contributed by atoms with Gasteiger partial charge in [0, 0.05) is 11.8 Å². The maximum absolute atomic E-state index is 11.8. The fourth-order valence-corrected chi connectivity index (χ4v) is 2.18. The van der Waals surface area contributed by atoms with Gasteiger partial charge in [0.2, 0.25) is 0 Å². The molecule has 134 valence electrons. The van der Waals surface area contributed by atoms with E-state index < -0.39 is 48.4 Å². The van der Waals surface area contributed by atoms with Crippen LogP contribution in [0.1, 0.15) is 11.8 Å². The zero-order valence-electron chi connectivity index (χ0n) is 13.6. The molecule has 2 rings (SSSR count). The molecule has 11 nitrogen and oxygen atoms in total. The number of esters is 1. The van der Waals surface area contributed by atoms with Gasteiger partial charge in [-0.25, -0.2) is 4.79 Å². The van der Waals surface area contributed by atoms with Crippen LogP contribution in [0.2, 0.25) is 1.41 Å². The Labute approximate surface area is 139 Å². The molecular weight excluding hydrogens is 345 g/mol. The first-order valence-corrected chi connectivity index (χ1v) is 7.09. The van der Waals surface area contributed by atoms with Gasteiger partial charge in [-0.3, -0.25) is 24.3 Å². The van der Waals surface area contributed by atoms with Crippen molar-refractivity contribution in [1.29, 1.82) is 5.15 Å². The molecule has 0 amide bonds. The third-order valence-corrected chi connectivity index (χ3v) is 3.40. The maximum atomic E-state index is 11.8. The topological polar surface area (TPSA) is 175 Å². The highest BCUT2D eigenvalue weighted by molar-refractivity contribution is 7.02. The Balaban J connectivity index is 0.000000970. The van der Waals surface area contributed by atoms with Crippen LogP contribution in [0.25, 0.3) is 0 Å². The van der Waals surface area contributed by atoms with E-state index in [9.17, 15) is 24.6 Å². The lowest BCUT2D eigenvalue weighted by Crippen LogP contribution is -2.39. The van der Waals surface area contributed by atoms with Crippen molar-refractivity contribution in [3.05, 3.63) is 32.6 Å². The first kappa shape index (κ1) is 18.4. The summed E-state index contributed by atoms with van der Waals surface area (Å²) in [6.07, 6.45) is -4.56. The van der Waals surface area contributed by atoms with Gasteiger partial charge in [0.25, 0.3) is 5.56 Å². The molecule has 1 saturated heterocycles. The van der Waals surface area contributed by atoms with E-state index in [1.807, 2.05) is 4.98 Å². The number of carbonyl (C=O) groups excluding carboxylic acids is 1. The molecular formula is C12H18N3O8P. The monoisotopic (exact) mass is 365 g/mol. The number of nitrogens with one attached hydrogen (secondary N) is 2. The summed E-state index contributed by atoms with van der Waals surface area (Å²) in [5.74, 6) is -0.683. The SMILES string of the molecule is COC(=O)Cc1cn([C@@H]2O[C@H](CO)[C@H](O)C2O)c(=O)[nH]c1=O.[3H]N=P.